The lowest BCUT2D eigenvalue weighted by atomic mass is 9.99. The number of phenolic OH excluding ortho intramolecular Hbond substituents is 1. The Morgan fingerprint density at radius 3 is 2.47 bits per heavy atom. The van der Waals surface area contributed by atoms with Crippen molar-refractivity contribution < 1.29 is 9.90 Å². The van der Waals surface area contributed by atoms with Crippen molar-refractivity contribution in [1.82, 2.24) is 0 Å². The third-order valence-corrected chi connectivity index (χ3v) is 2.77. The van der Waals surface area contributed by atoms with Crippen LogP contribution in [0.4, 0.5) is 0 Å². The molecule has 3 heteroatoms. The quantitative estimate of drug-likeness (QED) is 0.806. The number of phenols is 1. The normalized spacial score (nSPS) is 13.4. The van der Waals surface area contributed by atoms with Crippen LogP contribution < -0.4 is 0 Å². The molecule has 2 aromatic carbocycles. The third-order valence-electron chi connectivity index (χ3n) is 2.77. The Hall–Kier alpha value is -2.42. The van der Waals surface area contributed by atoms with Crippen molar-refractivity contribution in [3.05, 3.63) is 65.2 Å². The molecular weight excluding hydrogens is 214 g/mol. The number of carbonyl (C=O) groups is 1. The molecule has 0 atom stereocenters. The molecule has 0 aromatic heterocycles. The number of amides is 1. The van der Waals surface area contributed by atoms with Gasteiger partial charge in [0.1, 0.15) is 5.75 Å². The standard InChI is InChI=1S/C14H9NO2/c16-11-8-4-7-10-12(11)13(15-14(10)17)9-5-2-1-3-6-9/h1-8,16H. The fourth-order valence-electron chi connectivity index (χ4n) is 1.99. The average molecular weight is 223 g/mol. The average Bonchev–Trinajstić information content (AvgIpc) is 2.70. The maximum absolute atomic E-state index is 11.7. The molecule has 3 nitrogen and oxygen atoms in total. The van der Waals surface area contributed by atoms with E-state index in [2.05, 4.69) is 4.99 Å². The Bertz CT molecular complexity index is 630. The molecule has 0 bridgehead atoms. The number of rotatable bonds is 1. The Balaban J connectivity index is 2.24. The summed E-state index contributed by atoms with van der Waals surface area (Å²) in [4.78, 5) is 15.7. The van der Waals surface area contributed by atoms with E-state index in [1.807, 2.05) is 30.3 Å². The minimum Gasteiger partial charge on any atom is -0.507 e. The van der Waals surface area contributed by atoms with Crippen molar-refractivity contribution >= 4 is 11.6 Å². The van der Waals surface area contributed by atoms with Crippen molar-refractivity contribution in [2.75, 3.05) is 0 Å². The van der Waals surface area contributed by atoms with Gasteiger partial charge in [-0.3, -0.25) is 4.79 Å². The zero-order valence-corrected chi connectivity index (χ0v) is 8.92. The van der Waals surface area contributed by atoms with Crippen LogP contribution in [0, 0.1) is 0 Å². The molecule has 0 fully saturated rings. The lowest BCUT2D eigenvalue weighted by molar-refractivity contribution is 0.101. The summed E-state index contributed by atoms with van der Waals surface area (Å²) in [7, 11) is 0. The van der Waals surface area contributed by atoms with Gasteiger partial charge in [-0.15, -0.1) is 0 Å². The summed E-state index contributed by atoms with van der Waals surface area (Å²) in [5, 5.41) is 9.85. The predicted octanol–water partition coefficient (Wildman–Crippen LogP) is 2.38. The highest BCUT2D eigenvalue weighted by Gasteiger charge is 2.26. The molecular formula is C14H9NO2. The summed E-state index contributed by atoms with van der Waals surface area (Å²) in [5.41, 5.74) is 2.37. The minimum atomic E-state index is -0.297. The zero-order valence-electron chi connectivity index (χ0n) is 8.92. The molecule has 2 aromatic rings. The van der Waals surface area contributed by atoms with E-state index in [9.17, 15) is 9.90 Å². The van der Waals surface area contributed by atoms with Crippen LogP contribution in [0.3, 0.4) is 0 Å². The second-order valence-corrected chi connectivity index (χ2v) is 3.83. The third kappa shape index (κ3) is 1.44. The molecule has 17 heavy (non-hydrogen) atoms. The number of benzene rings is 2. The lowest BCUT2D eigenvalue weighted by Gasteiger charge is -2.04. The molecule has 0 radical (unpaired) electrons. The van der Waals surface area contributed by atoms with Crippen LogP contribution in [0.25, 0.3) is 0 Å². The summed E-state index contributed by atoms with van der Waals surface area (Å²) < 4.78 is 0. The van der Waals surface area contributed by atoms with Gasteiger partial charge in [0.15, 0.2) is 0 Å². The van der Waals surface area contributed by atoms with Crippen molar-refractivity contribution in [3.63, 3.8) is 0 Å². The smallest absolute Gasteiger partial charge is 0.278 e. The second-order valence-electron chi connectivity index (χ2n) is 3.83. The highest BCUT2D eigenvalue weighted by atomic mass is 16.3. The van der Waals surface area contributed by atoms with Crippen LogP contribution in [0.1, 0.15) is 21.5 Å². The van der Waals surface area contributed by atoms with E-state index in [-0.39, 0.29) is 11.7 Å². The Morgan fingerprint density at radius 2 is 1.71 bits per heavy atom. The first-order chi connectivity index (χ1) is 8.27. The largest absolute Gasteiger partial charge is 0.507 e. The molecule has 82 valence electrons. The van der Waals surface area contributed by atoms with E-state index < -0.39 is 0 Å². The van der Waals surface area contributed by atoms with Crippen molar-refractivity contribution in [2.45, 2.75) is 0 Å². The second kappa shape index (κ2) is 3.56. The molecule has 1 aliphatic rings. The highest BCUT2D eigenvalue weighted by molar-refractivity contribution is 6.28. The van der Waals surface area contributed by atoms with Gasteiger partial charge in [-0.25, -0.2) is 4.99 Å². The van der Waals surface area contributed by atoms with Crippen LogP contribution in [-0.4, -0.2) is 16.7 Å². The van der Waals surface area contributed by atoms with Crippen molar-refractivity contribution in [2.24, 2.45) is 4.99 Å². The maximum Gasteiger partial charge on any atom is 0.278 e. The molecule has 0 unspecified atom stereocenters. The van der Waals surface area contributed by atoms with Crippen molar-refractivity contribution in [3.8, 4) is 5.75 Å². The van der Waals surface area contributed by atoms with E-state index in [0.717, 1.165) is 5.56 Å². The summed E-state index contributed by atoms with van der Waals surface area (Å²) in [6.45, 7) is 0. The number of aliphatic imine (C=N–C) groups is 1. The maximum atomic E-state index is 11.7. The number of hydrogen-bond donors (Lipinski definition) is 1. The van der Waals surface area contributed by atoms with Gasteiger partial charge in [0.05, 0.1) is 16.8 Å². The Kier molecular flexibility index (Phi) is 2.05. The van der Waals surface area contributed by atoms with Crippen LogP contribution >= 0.6 is 0 Å². The SMILES string of the molecule is O=C1N=C(c2ccccc2)c2c(O)cccc21. The highest BCUT2D eigenvalue weighted by Crippen LogP contribution is 2.30. The van der Waals surface area contributed by atoms with E-state index in [1.54, 1.807) is 18.2 Å². The van der Waals surface area contributed by atoms with Gasteiger partial charge in [-0.1, -0.05) is 36.4 Å². The van der Waals surface area contributed by atoms with E-state index >= 15 is 0 Å². The lowest BCUT2D eigenvalue weighted by Crippen LogP contribution is -2.00. The van der Waals surface area contributed by atoms with Crippen molar-refractivity contribution in [1.29, 1.82) is 0 Å². The number of hydrogen-bond acceptors (Lipinski definition) is 2. The van der Waals surface area contributed by atoms with E-state index in [4.69, 9.17) is 0 Å². The molecule has 1 heterocycles. The monoisotopic (exact) mass is 223 g/mol. The molecule has 1 N–H and O–H groups in total. The number of aromatic hydroxyl groups is 1. The van der Waals surface area contributed by atoms with Gasteiger partial charge < -0.3 is 5.11 Å². The summed E-state index contributed by atoms with van der Waals surface area (Å²) in [6.07, 6.45) is 0. The van der Waals surface area contributed by atoms with E-state index in [1.165, 1.54) is 0 Å². The van der Waals surface area contributed by atoms with Gasteiger partial charge in [0.25, 0.3) is 5.91 Å². The predicted molar refractivity (Wildman–Crippen MR) is 64.5 cm³/mol. The van der Waals surface area contributed by atoms with E-state index in [0.29, 0.717) is 16.8 Å². The fourth-order valence-corrected chi connectivity index (χ4v) is 1.99. The molecule has 0 spiro atoms. The molecule has 1 amide bonds. The van der Waals surface area contributed by atoms with Crippen LogP contribution in [0.5, 0.6) is 5.75 Å². The number of nitrogens with zero attached hydrogens (tertiary/aromatic N) is 1. The van der Waals surface area contributed by atoms with Gasteiger partial charge in [0, 0.05) is 5.56 Å². The van der Waals surface area contributed by atoms with Crippen LogP contribution in [-0.2, 0) is 0 Å². The van der Waals surface area contributed by atoms with Crippen LogP contribution in [0.2, 0.25) is 0 Å². The molecule has 0 aliphatic carbocycles. The number of fused-ring (bicyclic) bond motifs is 1. The molecule has 0 saturated carbocycles. The molecule has 0 saturated heterocycles. The minimum absolute atomic E-state index is 0.0935. The first kappa shape index (κ1) is 9.78. The zero-order chi connectivity index (χ0) is 11.8. The van der Waals surface area contributed by atoms with Gasteiger partial charge in [0.2, 0.25) is 0 Å². The number of carbonyl (C=O) groups excluding carboxylic acids is 1. The Morgan fingerprint density at radius 1 is 0.941 bits per heavy atom. The first-order valence-corrected chi connectivity index (χ1v) is 5.28. The fraction of sp³-hybridized carbons (Fsp3) is 0. The van der Waals surface area contributed by atoms with Gasteiger partial charge in [-0.05, 0) is 12.1 Å². The first-order valence-electron chi connectivity index (χ1n) is 5.28. The topological polar surface area (TPSA) is 49.7 Å². The van der Waals surface area contributed by atoms with Gasteiger partial charge >= 0.3 is 0 Å². The van der Waals surface area contributed by atoms with Gasteiger partial charge in [-0.2, -0.15) is 0 Å². The molecule has 3 rings (SSSR count). The summed E-state index contributed by atoms with van der Waals surface area (Å²) in [5.74, 6) is -0.203. The summed E-state index contributed by atoms with van der Waals surface area (Å²) in [6, 6.07) is 14.3. The molecule has 1 aliphatic heterocycles. The Labute approximate surface area is 98.1 Å². The summed E-state index contributed by atoms with van der Waals surface area (Å²) >= 11 is 0. The van der Waals surface area contributed by atoms with Crippen LogP contribution in [0.15, 0.2) is 53.5 Å².